The molecule has 1 aromatic carbocycles. The Morgan fingerprint density at radius 2 is 2.04 bits per heavy atom. The van der Waals surface area contributed by atoms with Crippen molar-refractivity contribution in [2.24, 2.45) is 0 Å². The SMILES string of the molecule is CCn1c(SCC(=O)c2ccccc2Br)nc2sc(C)c(C)c2c1=O. The maximum Gasteiger partial charge on any atom is 0.263 e. The van der Waals surface area contributed by atoms with Crippen LogP contribution in [0.2, 0.25) is 0 Å². The molecule has 130 valence electrons. The Morgan fingerprint density at radius 1 is 1.32 bits per heavy atom. The minimum Gasteiger partial charge on any atom is -0.293 e. The van der Waals surface area contributed by atoms with Gasteiger partial charge in [-0.3, -0.25) is 14.2 Å². The normalized spacial score (nSPS) is 11.2. The summed E-state index contributed by atoms with van der Waals surface area (Å²) in [6.45, 7) is 6.41. The van der Waals surface area contributed by atoms with Crippen molar-refractivity contribution in [3.63, 3.8) is 0 Å². The van der Waals surface area contributed by atoms with Crippen LogP contribution in [-0.4, -0.2) is 21.1 Å². The minimum absolute atomic E-state index is 0.00742. The fourth-order valence-electron chi connectivity index (χ4n) is 2.59. The molecule has 2 heterocycles. The third kappa shape index (κ3) is 3.45. The third-order valence-electron chi connectivity index (χ3n) is 4.08. The molecular weight excluding hydrogens is 420 g/mol. The molecule has 3 aromatic rings. The largest absolute Gasteiger partial charge is 0.293 e. The molecule has 0 atom stereocenters. The van der Waals surface area contributed by atoms with Gasteiger partial charge in [0.25, 0.3) is 5.56 Å². The molecule has 0 aliphatic carbocycles. The molecule has 3 rings (SSSR count). The van der Waals surface area contributed by atoms with Crippen molar-refractivity contribution < 1.29 is 4.79 Å². The standard InChI is InChI=1S/C18H17BrN2O2S2/c1-4-21-17(23)15-10(2)11(3)25-16(15)20-18(21)24-9-14(22)12-7-5-6-8-13(12)19/h5-8H,4,9H2,1-3H3. The lowest BCUT2D eigenvalue weighted by Gasteiger charge is -2.10. The van der Waals surface area contributed by atoms with Crippen LogP contribution in [-0.2, 0) is 6.54 Å². The Balaban J connectivity index is 1.95. The molecule has 0 aliphatic heterocycles. The Labute approximate surface area is 162 Å². The third-order valence-corrected chi connectivity index (χ3v) is 6.85. The van der Waals surface area contributed by atoms with E-state index in [0.717, 1.165) is 19.7 Å². The second-order valence-corrected chi connectivity index (χ2v) is 8.60. The molecule has 7 heteroatoms. The van der Waals surface area contributed by atoms with Crippen LogP contribution >= 0.6 is 39.0 Å². The first-order valence-electron chi connectivity index (χ1n) is 7.85. The van der Waals surface area contributed by atoms with Gasteiger partial charge >= 0.3 is 0 Å². The summed E-state index contributed by atoms with van der Waals surface area (Å²) in [4.78, 5) is 31.8. The monoisotopic (exact) mass is 436 g/mol. The lowest BCUT2D eigenvalue weighted by Crippen LogP contribution is -2.22. The zero-order valence-electron chi connectivity index (χ0n) is 14.1. The zero-order valence-corrected chi connectivity index (χ0v) is 17.3. The smallest absolute Gasteiger partial charge is 0.263 e. The van der Waals surface area contributed by atoms with Crippen molar-refractivity contribution >= 4 is 55.0 Å². The summed E-state index contributed by atoms with van der Waals surface area (Å²) >= 11 is 6.25. The second kappa shape index (κ2) is 7.43. The van der Waals surface area contributed by atoms with Crippen molar-refractivity contribution in [3.8, 4) is 0 Å². The van der Waals surface area contributed by atoms with E-state index >= 15 is 0 Å². The quantitative estimate of drug-likeness (QED) is 0.326. The summed E-state index contributed by atoms with van der Waals surface area (Å²) in [5.41, 5.74) is 1.62. The Morgan fingerprint density at radius 3 is 2.72 bits per heavy atom. The van der Waals surface area contributed by atoms with Crippen LogP contribution in [0, 0.1) is 13.8 Å². The number of carbonyl (C=O) groups is 1. The highest BCUT2D eigenvalue weighted by atomic mass is 79.9. The summed E-state index contributed by atoms with van der Waals surface area (Å²) in [7, 11) is 0. The molecule has 0 radical (unpaired) electrons. The molecule has 25 heavy (non-hydrogen) atoms. The number of thiophene rings is 1. The van der Waals surface area contributed by atoms with Gasteiger partial charge in [0, 0.05) is 21.5 Å². The number of rotatable bonds is 5. The molecule has 0 fully saturated rings. The average Bonchev–Trinajstić information content (AvgIpc) is 2.87. The first kappa shape index (κ1) is 18.4. The predicted molar refractivity (Wildman–Crippen MR) is 108 cm³/mol. The number of aromatic nitrogens is 2. The number of nitrogens with zero attached hydrogens (tertiary/aromatic N) is 2. The van der Waals surface area contributed by atoms with Gasteiger partial charge in [0.05, 0.1) is 11.1 Å². The lowest BCUT2D eigenvalue weighted by molar-refractivity contribution is 0.102. The van der Waals surface area contributed by atoms with E-state index in [1.807, 2.05) is 39.0 Å². The number of aryl methyl sites for hydroxylation is 2. The Hall–Kier alpha value is -1.44. The number of benzene rings is 1. The van der Waals surface area contributed by atoms with E-state index in [9.17, 15) is 9.59 Å². The second-order valence-electron chi connectivity index (χ2n) is 5.60. The predicted octanol–water partition coefficient (Wildman–Crippen LogP) is 4.83. The topological polar surface area (TPSA) is 52.0 Å². The fraction of sp³-hybridized carbons (Fsp3) is 0.278. The number of hydrogen-bond acceptors (Lipinski definition) is 5. The van der Waals surface area contributed by atoms with E-state index in [1.165, 1.54) is 23.1 Å². The number of ketones is 1. The highest BCUT2D eigenvalue weighted by molar-refractivity contribution is 9.10. The van der Waals surface area contributed by atoms with Gasteiger partial charge < -0.3 is 0 Å². The van der Waals surface area contributed by atoms with Crippen LogP contribution in [0.15, 0.2) is 38.7 Å². The number of halogens is 1. The zero-order chi connectivity index (χ0) is 18.1. The molecule has 0 N–H and O–H groups in total. The van der Waals surface area contributed by atoms with E-state index in [2.05, 4.69) is 20.9 Å². The van der Waals surface area contributed by atoms with Crippen LogP contribution in [0.4, 0.5) is 0 Å². The van der Waals surface area contributed by atoms with E-state index in [0.29, 0.717) is 22.7 Å². The van der Waals surface area contributed by atoms with Crippen LogP contribution in [0.3, 0.4) is 0 Å². The summed E-state index contributed by atoms with van der Waals surface area (Å²) in [6, 6.07) is 7.36. The van der Waals surface area contributed by atoms with Crippen molar-refractivity contribution in [2.45, 2.75) is 32.5 Å². The molecular formula is C18H17BrN2O2S2. The molecule has 0 bridgehead atoms. The number of carbonyl (C=O) groups excluding carboxylic acids is 1. The number of Topliss-reactive ketones (excluding diaryl/α,β-unsaturated/α-hetero) is 1. The molecule has 0 amide bonds. The van der Waals surface area contributed by atoms with Gasteiger partial charge in [-0.1, -0.05) is 45.9 Å². The molecule has 0 saturated carbocycles. The number of thioether (sulfide) groups is 1. The van der Waals surface area contributed by atoms with Gasteiger partial charge in [-0.05, 0) is 32.4 Å². The van der Waals surface area contributed by atoms with Crippen molar-refractivity contribution in [1.82, 2.24) is 9.55 Å². The number of hydrogen-bond donors (Lipinski definition) is 0. The summed E-state index contributed by atoms with van der Waals surface area (Å²) in [6.07, 6.45) is 0. The first-order chi connectivity index (χ1) is 11.9. The summed E-state index contributed by atoms with van der Waals surface area (Å²) < 4.78 is 2.43. The van der Waals surface area contributed by atoms with Gasteiger partial charge in [0.1, 0.15) is 4.83 Å². The van der Waals surface area contributed by atoms with E-state index < -0.39 is 0 Å². The van der Waals surface area contributed by atoms with Crippen molar-refractivity contribution in [1.29, 1.82) is 0 Å². The molecule has 0 spiro atoms. The van der Waals surface area contributed by atoms with E-state index in [-0.39, 0.29) is 17.1 Å². The van der Waals surface area contributed by atoms with Crippen LogP contribution in [0.25, 0.3) is 10.2 Å². The molecule has 2 aromatic heterocycles. The summed E-state index contributed by atoms with van der Waals surface area (Å²) in [5, 5.41) is 1.30. The van der Waals surface area contributed by atoms with E-state index in [1.54, 1.807) is 10.6 Å². The van der Waals surface area contributed by atoms with Crippen molar-refractivity contribution in [3.05, 3.63) is 55.1 Å². The summed E-state index contributed by atoms with van der Waals surface area (Å²) in [5.74, 6) is 0.247. The first-order valence-corrected chi connectivity index (χ1v) is 10.4. The van der Waals surface area contributed by atoms with Gasteiger partial charge in [-0.25, -0.2) is 4.98 Å². The van der Waals surface area contributed by atoms with Gasteiger partial charge in [0.2, 0.25) is 0 Å². The maximum absolute atomic E-state index is 12.8. The molecule has 0 unspecified atom stereocenters. The minimum atomic E-state index is -0.0230. The van der Waals surface area contributed by atoms with Crippen LogP contribution < -0.4 is 5.56 Å². The van der Waals surface area contributed by atoms with E-state index in [4.69, 9.17) is 0 Å². The van der Waals surface area contributed by atoms with Crippen LogP contribution in [0.1, 0.15) is 27.7 Å². The average molecular weight is 437 g/mol. The Kier molecular flexibility index (Phi) is 5.46. The molecule has 0 aliphatic rings. The highest BCUT2D eigenvalue weighted by Gasteiger charge is 2.17. The van der Waals surface area contributed by atoms with Crippen molar-refractivity contribution in [2.75, 3.05) is 5.75 Å². The van der Waals surface area contributed by atoms with Gasteiger partial charge in [0.15, 0.2) is 10.9 Å². The molecule has 4 nitrogen and oxygen atoms in total. The van der Waals surface area contributed by atoms with Crippen LogP contribution in [0.5, 0.6) is 0 Å². The maximum atomic E-state index is 12.8. The van der Waals surface area contributed by atoms with Gasteiger partial charge in [-0.2, -0.15) is 0 Å². The highest BCUT2D eigenvalue weighted by Crippen LogP contribution is 2.29. The fourth-order valence-corrected chi connectivity index (χ4v) is 5.12. The molecule has 0 saturated heterocycles. The van der Waals surface area contributed by atoms with Gasteiger partial charge in [-0.15, -0.1) is 11.3 Å². The Bertz CT molecular complexity index is 1020. The lowest BCUT2D eigenvalue weighted by atomic mass is 10.1. The number of fused-ring (bicyclic) bond motifs is 1.